The van der Waals surface area contributed by atoms with E-state index in [9.17, 15) is 0 Å². The van der Waals surface area contributed by atoms with Crippen LogP contribution in [0, 0.1) is 16.2 Å². The van der Waals surface area contributed by atoms with Gasteiger partial charge < -0.3 is 21.3 Å². The van der Waals surface area contributed by atoms with E-state index in [2.05, 4.69) is 21.3 Å². The second-order valence-corrected chi connectivity index (χ2v) is 11.7. The van der Waals surface area contributed by atoms with Crippen molar-refractivity contribution in [1.82, 2.24) is 21.3 Å². The molecule has 4 nitrogen and oxygen atoms in total. The highest BCUT2D eigenvalue weighted by Crippen LogP contribution is 2.44. The van der Waals surface area contributed by atoms with Crippen LogP contribution in [0.4, 0.5) is 0 Å². The third-order valence-corrected chi connectivity index (χ3v) is 9.47. The minimum atomic E-state index is 0. The maximum absolute atomic E-state index is 3.55. The van der Waals surface area contributed by atoms with Gasteiger partial charge in [0.2, 0.25) is 0 Å². The summed E-state index contributed by atoms with van der Waals surface area (Å²) < 4.78 is 0. The molecule has 0 aromatic rings. The van der Waals surface area contributed by atoms with Crippen molar-refractivity contribution < 1.29 is 0 Å². The summed E-state index contributed by atoms with van der Waals surface area (Å²) in [4.78, 5) is 0. The van der Waals surface area contributed by atoms with E-state index in [-0.39, 0.29) is 7.43 Å². The van der Waals surface area contributed by atoms with Crippen molar-refractivity contribution in [2.45, 2.75) is 104 Å². The second-order valence-electron chi connectivity index (χ2n) is 11.7. The average molecular weight is 435 g/mol. The van der Waals surface area contributed by atoms with Gasteiger partial charge in [0.25, 0.3) is 0 Å². The first kappa shape index (κ1) is 25.5. The van der Waals surface area contributed by atoms with Crippen molar-refractivity contribution in [3.63, 3.8) is 0 Å². The van der Waals surface area contributed by atoms with Crippen LogP contribution in [0.5, 0.6) is 0 Å². The lowest BCUT2D eigenvalue weighted by Crippen LogP contribution is -2.41. The maximum Gasteiger partial charge on any atom is 0.00209 e. The largest absolute Gasteiger partial charge is 0.317 e. The van der Waals surface area contributed by atoms with E-state index >= 15 is 0 Å². The summed E-state index contributed by atoms with van der Waals surface area (Å²) in [5.74, 6) is 0. The van der Waals surface area contributed by atoms with Crippen LogP contribution in [0.2, 0.25) is 0 Å². The van der Waals surface area contributed by atoms with Gasteiger partial charge in [0.05, 0.1) is 0 Å². The highest BCUT2D eigenvalue weighted by molar-refractivity contribution is 4.94. The van der Waals surface area contributed by atoms with Gasteiger partial charge in [-0.2, -0.15) is 0 Å². The molecule has 0 unspecified atom stereocenters. The smallest absolute Gasteiger partial charge is 0.00209 e. The summed E-state index contributed by atoms with van der Waals surface area (Å²) in [5, 5.41) is 13.8. The standard InChI is InChI=1S/C10H19N.C9H17N.C7H14N2.CH4/c1-2-5-10(6-3-1)7-4-8-11-9-10;1-2-4-9(3-1)5-7-10-8-6-9;1-3-8-5-7(1)2-4-9-6-7;/h11H,1-9H2;10H,1-8H2;8-9H,1-6H2;1H4. The van der Waals surface area contributed by atoms with E-state index in [1.165, 1.54) is 149 Å². The predicted molar refractivity (Wildman–Crippen MR) is 135 cm³/mol. The molecule has 0 radical (unpaired) electrons. The molecule has 0 atom stereocenters. The molecule has 4 aliphatic heterocycles. The second kappa shape index (κ2) is 12.3. The first-order valence-electron chi connectivity index (χ1n) is 13.6. The first-order valence-corrected chi connectivity index (χ1v) is 13.6. The Morgan fingerprint density at radius 2 is 0.742 bits per heavy atom. The number of rotatable bonds is 0. The van der Waals surface area contributed by atoms with Gasteiger partial charge in [-0.3, -0.25) is 0 Å². The summed E-state index contributed by atoms with van der Waals surface area (Å²) in [7, 11) is 0. The van der Waals surface area contributed by atoms with Crippen LogP contribution in [0.15, 0.2) is 0 Å². The predicted octanol–water partition coefficient (Wildman–Crippen LogP) is 4.85. The normalized spacial score (nSPS) is 30.2. The van der Waals surface area contributed by atoms with Crippen LogP contribution in [0.3, 0.4) is 0 Å². The molecule has 0 bridgehead atoms. The van der Waals surface area contributed by atoms with Gasteiger partial charge in [0.1, 0.15) is 0 Å². The zero-order valence-electron chi connectivity index (χ0n) is 19.8. The fraction of sp³-hybridized carbons (Fsp3) is 1.00. The topological polar surface area (TPSA) is 48.1 Å². The Balaban J connectivity index is 0.000000130. The molecular weight excluding hydrogens is 380 g/mol. The molecule has 4 heteroatoms. The monoisotopic (exact) mass is 434 g/mol. The number of piperidine rings is 2. The first-order chi connectivity index (χ1) is 14.7. The Morgan fingerprint density at radius 3 is 1.26 bits per heavy atom. The van der Waals surface area contributed by atoms with Gasteiger partial charge in [-0.1, -0.05) is 39.5 Å². The van der Waals surface area contributed by atoms with E-state index in [4.69, 9.17) is 0 Å². The van der Waals surface area contributed by atoms with Crippen LogP contribution in [-0.2, 0) is 0 Å². The number of nitrogens with one attached hydrogen (secondary N) is 4. The fourth-order valence-corrected chi connectivity index (χ4v) is 7.30. The minimum Gasteiger partial charge on any atom is -0.317 e. The van der Waals surface area contributed by atoms with Crippen LogP contribution in [0.25, 0.3) is 0 Å². The van der Waals surface area contributed by atoms with Gasteiger partial charge >= 0.3 is 0 Å². The lowest BCUT2D eigenvalue weighted by atomic mass is 9.70. The van der Waals surface area contributed by atoms with Crippen molar-refractivity contribution in [3.8, 4) is 0 Å². The molecule has 6 aliphatic rings. The van der Waals surface area contributed by atoms with Crippen molar-refractivity contribution in [3.05, 3.63) is 0 Å². The van der Waals surface area contributed by atoms with Gasteiger partial charge in [-0.05, 0) is 113 Å². The number of hydrogen-bond acceptors (Lipinski definition) is 4. The van der Waals surface area contributed by atoms with Gasteiger partial charge in [-0.25, -0.2) is 0 Å². The Hall–Kier alpha value is -0.160. The Kier molecular flexibility index (Phi) is 10.1. The summed E-state index contributed by atoms with van der Waals surface area (Å²) in [6.07, 6.45) is 22.1. The summed E-state index contributed by atoms with van der Waals surface area (Å²) in [5.41, 5.74) is 2.22. The maximum atomic E-state index is 3.55. The van der Waals surface area contributed by atoms with E-state index in [0.717, 1.165) is 10.8 Å². The lowest BCUT2D eigenvalue weighted by Gasteiger charge is -2.40. The molecule has 31 heavy (non-hydrogen) atoms. The highest BCUT2D eigenvalue weighted by Gasteiger charge is 2.36. The fourth-order valence-electron chi connectivity index (χ4n) is 7.30. The highest BCUT2D eigenvalue weighted by atomic mass is 15.0. The molecule has 4 N–H and O–H groups in total. The Morgan fingerprint density at radius 1 is 0.323 bits per heavy atom. The van der Waals surface area contributed by atoms with Crippen molar-refractivity contribution in [2.24, 2.45) is 16.2 Å². The van der Waals surface area contributed by atoms with Crippen LogP contribution in [-0.4, -0.2) is 52.4 Å². The Labute approximate surface area is 193 Å². The molecule has 6 rings (SSSR count). The third-order valence-electron chi connectivity index (χ3n) is 9.47. The Bertz CT molecular complexity index is 430. The summed E-state index contributed by atoms with van der Waals surface area (Å²) in [6.45, 7) is 10.1. The quantitative estimate of drug-likeness (QED) is 0.440. The van der Waals surface area contributed by atoms with E-state index < -0.39 is 0 Å². The molecule has 0 amide bonds. The molecule has 0 aromatic heterocycles. The summed E-state index contributed by atoms with van der Waals surface area (Å²) in [6, 6.07) is 0. The van der Waals surface area contributed by atoms with Gasteiger partial charge in [0, 0.05) is 19.6 Å². The molecule has 3 spiro atoms. The van der Waals surface area contributed by atoms with Crippen LogP contribution >= 0.6 is 0 Å². The minimum absolute atomic E-state index is 0. The number of hydrogen-bond donors (Lipinski definition) is 4. The van der Waals surface area contributed by atoms with Gasteiger partial charge in [-0.15, -0.1) is 0 Å². The average Bonchev–Trinajstić information content (AvgIpc) is 3.56. The van der Waals surface area contributed by atoms with Crippen molar-refractivity contribution in [1.29, 1.82) is 0 Å². The van der Waals surface area contributed by atoms with E-state index in [1.807, 2.05) is 0 Å². The third kappa shape index (κ3) is 7.16. The van der Waals surface area contributed by atoms with Crippen LogP contribution in [0.1, 0.15) is 104 Å². The van der Waals surface area contributed by atoms with Crippen molar-refractivity contribution >= 4 is 0 Å². The molecule has 6 fully saturated rings. The molecule has 0 aromatic carbocycles. The molecule has 2 saturated carbocycles. The molecular formula is C27H54N4. The summed E-state index contributed by atoms with van der Waals surface area (Å²) >= 11 is 0. The molecule has 182 valence electrons. The van der Waals surface area contributed by atoms with Crippen LogP contribution < -0.4 is 21.3 Å². The molecule has 4 heterocycles. The zero-order chi connectivity index (χ0) is 20.6. The van der Waals surface area contributed by atoms with Crippen molar-refractivity contribution in [2.75, 3.05) is 52.4 Å². The van der Waals surface area contributed by atoms with E-state index in [1.54, 1.807) is 0 Å². The SMILES string of the molecule is C.C1CC2(CCNC2)CN1.C1CCC2(C1)CCNCC2.C1CCC2(CC1)CCCNC2. The van der Waals surface area contributed by atoms with E-state index in [0.29, 0.717) is 5.41 Å². The molecule has 4 saturated heterocycles. The molecule has 2 aliphatic carbocycles. The zero-order valence-corrected chi connectivity index (χ0v) is 19.8. The lowest BCUT2D eigenvalue weighted by molar-refractivity contribution is 0.140. The van der Waals surface area contributed by atoms with Gasteiger partial charge in [0.15, 0.2) is 0 Å².